The molecule has 0 aliphatic carbocycles. The SMILES string of the molecule is O=C(O)CCOc1ccc(/C=C2/SC(=S)N(NC(=O)c3ccc(Cl)cc3)C2=O)cc1. The van der Waals surface area contributed by atoms with E-state index in [4.69, 9.17) is 33.7 Å². The lowest BCUT2D eigenvalue weighted by Crippen LogP contribution is -2.44. The maximum absolute atomic E-state index is 12.6. The Morgan fingerprint density at radius 2 is 1.83 bits per heavy atom. The predicted molar refractivity (Wildman–Crippen MR) is 118 cm³/mol. The molecule has 0 radical (unpaired) electrons. The minimum absolute atomic E-state index is 0.0701. The molecule has 2 amide bonds. The molecule has 1 fully saturated rings. The number of carboxylic acids is 1. The first-order valence-electron chi connectivity index (χ1n) is 8.62. The van der Waals surface area contributed by atoms with Crippen molar-refractivity contribution in [2.75, 3.05) is 6.61 Å². The van der Waals surface area contributed by atoms with Gasteiger partial charge in [0.1, 0.15) is 5.75 Å². The molecule has 1 aliphatic rings. The number of thiocarbonyl (C=S) groups is 1. The number of amides is 2. The number of carbonyl (C=O) groups is 3. The predicted octanol–water partition coefficient (Wildman–Crippen LogP) is 3.74. The Balaban J connectivity index is 1.65. The van der Waals surface area contributed by atoms with Gasteiger partial charge in [0, 0.05) is 10.6 Å². The van der Waals surface area contributed by atoms with Gasteiger partial charge in [0.25, 0.3) is 11.8 Å². The minimum Gasteiger partial charge on any atom is -0.493 e. The summed E-state index contributed by atoms with van der Waals surface area (Å²) in [6.07, 6.45) is 1.56. The lowest BCUT2D eigenvalue weighted by Gasteiger charge is -2.15. The molecule has 2 aromatic rings. The van der Waals surface area contributed by atoms with Gasteiger partial charge in [-0.3, -0.25) is 19.8 Å². The smallest absolute Gasteiger partial charge is 0.306 e. The summed E-state index contributed by atoms with van der Waals surface area (Å²) in [7, 11) is 0. The number of aliphatic carboxylic acids is 1. The van der Waals surface area contributed by atoms with Crippen LogP contribution < -0.4 is 10.2 Å². The molecule has 0 spiro atoms. The summed E-state index contributed by atoms with van der Waals surface area (Å²) < 4.78 is 5.54. The average molecular weight is 463 g/mol. The van der Waals surface area contributed by atoms with Crippen molar-refractivity contribution in [1.29, 1.82) is 0 Å². The topological polar surface area (TPSA) is 95.9 Å². The molecule has 10 heteroatoms. The fraction of sp³-hybridized carbons (Fsp3) is 0.100. The Kier molecular flexibility index (Phi) is 7.09. The number of halogens is 1. The van der Waals surface area contributed by atoms with Crippen LogP contribution in [-0.2, 0) is 9.59 Å². The second-order valence-corrected chi connectivity index (χ2v) is 8.14. The largest absolute Gasteiger partial charge is 0.493 e. The van der Waals surface area contributed by atoms with Gasteiger partial charge in [-0.05, 0) is 60.3 Å². The van der Waals surface area contributed by atoms with Crippen LogP contribution in [0.2, 0.25) is 5.02 Å². The number of carboxylic acid groups (broad SMARTS) is 1. The minimum atomic E-state index is -0.934. The molecule has 30 heavy (non-hydrogen) atoms. The zero-order chi connectivity index (χ0) is 21.7. The van der Waals surface area contributed by atoms with E-state index < -0.39 is 17.8 Å². The average Bonchev–Trinajstić information content (AvgIpc) is 2.97. The Morgan fingerprint density at radius 3 is 2.47 bits per heavy atom. The highest BCUT2D eigenvalue weighted by atomic mass is 35.5. The number of thioether (sulfide) groups is 1. The molecule has 1 aliphatic heterocycles. The highest BCUT2D eigenvalue weighted by molar-refractivity contribution is 8.26. The van der Waals surface area contributed by atoms with Crippen LogP contribution in [0.5, 0.6) is 5.75 Å². The van der Waals surface area contributed by atoms with Crippen LogP contribution in [-0.4, -0.2) is 38.8 Å². The molecule has 0 unspecified atom stereocenters. The van der Waals surface area contributed by atoms with E-state index in [1.807, 2.05) is 0 Å². The number of benzene rings is 2. The third kappa shape index (κ3) is 5.59. The van der Waals surface area contributed by atoms with Gasteiger partial charge in [0.15, 0.2) is 4.32 Å². The Morgan fingerprint density at radius 1 is 1.17 bits per heavy atom. The van der Waals surface area contributed by atoms with Crippen molar-refractivity contribution in [2.24, 2.45) is 0 Å². The van der Waals surface area contributed by atoms with Gasteiger partial charge in [-0.2, -0.15) is 5.01 Å². The molecular weight excluding hydrogens is 448 g/mol. The van der Waals surface area contributed by atoms with E-state index in [2.05, 4.69) is 5.43 Å². The number of nitrogens with one attached hydrogen (secondary N) is 1. The Bertz CT molecular complexity index is 1020. The number of carbonyl (C=O) groups excluding carboxylic acids is 2. The Hall–Kier alpha value is -2.88. The normalized spacial score (nSPS) is 14.8. The number of rotatable bonds is 7. The van der Waals surface area contributed by atoms with Crippen LogP contribution in [0.3, 0.4) is 0 Å². The van der Waals surface area contributed by atoms with E-state index >= 15 is 0 Å². The van der Waals surface area contributed by atoms with Crippen LogP contribution in [0.25, 0.3) is 6.08 Å². The number of hydrazine groups is 1. The van der Waals surface area contributed by atoms with Crippen LogP contribution in [0.15, 0.2) is 53.4 Å². The van der Waals surface area contributed by atoms with E-state index in [-0.39, 0.29) is 17.3 Å². The maximum Gasteiger partial charge on any atom is 0.306 e. The fourth-order valence-electron chi connectivity index (χ4n) is 2.40. The molecule has 0 saturated carbocycles. The van der Waals surface area contributed by atoms with Gasteiger partial charge in [-0.25, -0.2) is 0 Å². The van der Waals surface area contributed by atoms with E-state index in [1.54, 1.807) is 54.6 Å². The first kappa shape index (κ1) is 21.8. The second kappa shape index (κ2) is 9.75. The van der Waals surface area contributed by atoms with Crippen molar-refractivity contribution in [3.63, 3.8) is 0 Å². The zero-order valence-electron chi connectivity index (χ0n) is 15.3. The first-order valence-corrected chi connectivity index (χ1v) is 10.2. The molecular formula is C20H15ClN2O5S2. The third-order valence-corrected chi connectivity index (χ3v) is 5.43. The lowest BCUT2D eigenvalue weighted by molar-refractivity contribution is -0.137. The van der Waals surface area contributed by atoms with Gasteiger partial charge in [-0.15, -0.1) is 0 Å². The summed E-state index contributed by atoms with van der Waals surface area (Å²) in [5, 5.41) is 10.2. The standard InChI is InChI=1S/C20H15ClN2O5S2/c21-14-5-3-13(4-6-14)18(26)22-23-19(27)16(30-20(23)29)11-12-1-7-15(8-2-12)28-10-9-17(24)25/h1-8,11H,9-10H2,(H,22,26)(H,24,25)/b16-11+. The summed E-state index contributed by atoms with van der Waals surface area (Å²) in [5.41, 5.74) is 3.57. The monoisotopic (exact) mass is 462 g/mol. The summed E-state index contributed by atoms with van der Waals surface area (Å²) in [6.45, 7) is 0.0701. The summed E-state index contributed by atoms with van der Waals surface area (Å²) in [4.78, 5) is 35.9. The van der Waals surface area contributed by atoms with E-state index in [0.29, 0.717) is 21.2 Å². The van der Waals surface area contributed by atoms with Gasteiger partial charge >= 0.3 is 5.97 Å². The van der Waals surface area contributed by atoms with Crippen LogP contribution in [0.4, 0.5) is 0 Å². The van der Waals surface area contributed by atoms with Gasteiger partial charge < -0.3 is 9.84 Å². The number of ether oxygens (including phenoxy) is 1. The molecule has 154 valence electrons. The quantitative estimate of drug-likeness (QED) is 0.478. The molecule has 0 atom stereocenters. The molecule has 0 bridgehead atoms. The fourth-order valence-corrected chi connectivity index (χ4v) is 3.70. The summed E-state index contributed by atoms with van der Waals surface area (Å²) >= 11 is 12.1. The number of hydrogen-bond donors (Lipinski definition) is 2. The van der Waals surface area contributed by atoms with Gasteiger partial charge in [-0.1, -0.05) is 35.5 Å². The maximum atomic E-state index is 12.6. The van der Waals surface area contributed by atoms with Crippen molar-refractivity contribution in [3.05, 3.63) is 69.6 Å². The third-order valence-electron chi connectivity index (χ3n) is 3.88. The number of hydrogen-bond acceptors (Lipinski definition) is 6. The number of nitrogens with zero attached hydrogens (tertiary/aromatic N) is 1. The van der Waals surface area contributed by atoms with Crippen LogP contribution >= 0.6 is 35.6 Å². The summed E-state index contributed by atoms with van der Waals surface area (Å²) in [6, 6.07) is 13.1. The van der Waals surface area contributed by atoms with Crippen molar-refractivity contribution < 1.29 is 24.2 Å². The zero-order valence-corrected chi connectivity index (χ0v) is 17.7. The first-order chi connectivity index (χ1) is 14.3. The highest BCUT2D eigenvalue weighted by Gasteiger charge is 2.33. The molecule has 1 heterocycles. The summed E-state index contributed by atoms with van der Waals surface area (Å²) in [5.74, 6) is -1.32. The highest BCUT2D eigenvalue weighted by Crippen LogP contribution is 2.31. The molecule has 2 aromatic carbocycles. The van der Waals surface area contributed by atoms with Gasteiger partial charge in [0.2, 0.25) is 0 Å². The van der Waals surface area contributed by atoms with E-state index in [0.717, 1.165) is 22.3 Å². The van der Waals surface area contributed by atoms with E-state index in [1.165, 1.54) is 0 Å². The van der Waals surface area contributed by atoms with Crippen molar-refractivity contribution in [3.8, 4) is 5.75 Å². The van der Waals surface area contributed by atoms with Crippen molar-refractivity contribution >= 4 is 63.8 Å². The van der Waals surface area contributed by atoms with Crippen molar-refractivity contribution in [2.45, 2.75) is 6.42 Å². The molecule has 3 rings (SSSR count). The molecule has 2 N–H and O–H groups in total. The van der Waals surface area contributed by atoms with Gasteiger partial charge in [0.05, 0.1) is 17.9 Å². The Labute approximate surface area is 186 Å². The molecule has 1 saturated heterocycles. The lowest BCUT2D eigenvalue weighted by atomic mass is 10.2. The van der Waals surface area contributed by atoms with Crippen molar-refractivity contribution in [1.82, 2.24) is 10.4 Å². The molecule has 0 aromatic heterocycles. The molecule has 7 nitrogen and oxygen atoms in total. The second-order valence-electron chi connectivity index (χ2n) is 6.03. The van der Waals surface area contributed by atoms with Crippen LogP contribution in [0, 0.1) is 0 Å². The van der Waals surface area contributed by atoms with E-state index in [9.17, 15) is 14.4 Å². The van der Waals surface area contributed by atoms with Crippen LogP contribution in [0.1, 0.15) is 22.3 Å².